The summed E-state index contributed by atoms with van der Waals surface area (Å²) in [6.07, 6.45) is -4.93. The Bertz CT molecular complexity index is 510. The minimum absolute atomic E-state index is 0.0426. The molecule has 0 saturated carbocycles. The van der Waals surface area contributed by atoms with Crippen LogP contribution in [-0.2, 0) is 4.79 Å². The van der Waals surface area contributed by atoms with Crippen LogP contribution in [0.1, 0.15) is 23.2 Å². The van der Waals surface area contributed by atoms with E-state index >= 15 is 0 Å². The maximum Gasteiger partial charge on any atom is 0.409 e. The molecule has 102 valence electrons. The van der Waals surface area contributed by atoms with E-state index in [9.17, 15) is 22.8 Å². The van der Waals surface area contributed by atoms with Gasteiger partial charge < -0.3 is 10.0 Å². The third-order valence-corrected chi connectivity index (χ3v) is 2.98. The molecule has 0 bridgehead atoms. The lowest BCUT2D eigenvalue weighted by atomic mass is 10.1. The highest BCUT2D eigenvalue weighted by molar-refractivity contribution is 5.97. The van der Waals surface area contributed by atoms with Gasteiger partial charge in [0.05, 0.1) is 5.56 Å². The first kappa shape index (κ1) is 13.4. The maximum absolute atomic E-state index is 12.8. The van der Waals surface area contributed by atoms with E-state index in [4.69, 9.17) is 5.11 Å². The zero-order chi connectivity index (χ0) is 14.2. The molecule has 0 aromatic heterocycles. The van der Waals surface area contributed by atoms with Gasteiger partial charge in [0.2, 0.25) is 5.91 Å². The largest absolute Gasteiger partial charge is 0.478 e. The number of carbonyl (C=O) groups is 2. The number of carboxylic acid groups (broad SMARTS) is 1. The summed E-state index contributed by atoms with van der Waals surface area (Å²) in [4.78, 5) is 22.9. The molecule has 1 aliphatic rings. The normalized spacial score (nSPS) is 19.8. The van der Waals surface area contributed by atoms with E-state index < -0.39 is 24.1 Å². The Morgan fingerprint density at radius 3 is 2.32 bits per heavy atom. The number of amides is 1. The molecule has 1 saturated heterocycles. The molecule has 7 heteroatoms. The number of rotatable bonds is 2. The first-order valence-corrected chi connectivity index (χ1v) is 5.53. The Morgan fingerprint density at radius 1 is 1.26 bits per heavy atom. The number of aromatic carboxylic acids is 1. The second kappa shape index (κ2) is 4.56. The highest BCUT2D eigenvalue weighted by Gasteiger charge is 2.49. The molecule has 2 rings (SSSR count). The van der Waals surface area contributed by atoms with Crippen LogP contribution in [0.2, 0.25) is 0 Å². The standard InChI is InChI=1S/C12H10F3NO3/c13-12(14,15)9-5-6-10(17)16(9)8-3-1-7(2-4-8)11(18)19/h1-4,9H,5-6H2,(H,18,19)/t9-/m0/s1. The summed E-state index contributed by atoms with van der Waals surface area (Å²) < 4.78 is 38.4. The predicted molar refractivity (Wildman–Crippen MR) is 60.0 cm³/mol. The van der Waals surface area contributed by atoms with Gasteiger partial charge in [-0.25, -0.2) is 4.79 Å². The summed E-state index contributed by atoms with van der Waals surface area (Å²) in [7, 11) is 0. The molecule has 4 nitrogen and oxygen atoms in total. The van der Waals surface area contributed by atoms with Crippen molar-refractivity contribution in [3.05, 3.63) is 29.8 Å². The molecule has 0 unspecified atom stereocenters. The van der Waals surface area contributed by atoms with Crippen LogP contribution in [0.5, 0.6) is 0 Å². The number of benzene rings is 1. The van der Waals surface area contributed by atoms with Crippen molar-refractivity contribution < 1.29 is 27.9 Å². The van der Waals surface area contributed by atoms with Crippen molar-refractivity contribution in [1.82, 2.24) is 0 Å². The second-order valence-corrected chi connectivity index (χ2v) is 4.21. The molecule has 1 heterocycles. The van der Waals surface area contributed by atoms with Crippen molar-refractivity contribution in [3.8, 4) is 0 Å². The van der Waals surface area contributed by atoms with E-state index in [1.54, 1.807) is 0 Å². The van der Waals surface area contributed by atoms with E-state index in [1.165, 1.54) is 24.3 Å². The van der Waals surface area contributed by atoms with E-state index in [-0.39, 0.29) is 24.1 Å². The smallest absolute Gasteiger partial charge is 0.409 e. The van der Waals surface area contributed by atoms with E-state index in [0.717, 1.165) is 0 Å². The Hall–Kier alpha value is -2.05. The number of halogens is 3. The molecule has 0 spiro atoms. The molecular formula is C12H10F3NO3. The first-order chi connectivity index (χ1) is 8.80. The lowest BCUT2D eigenvalue weighted by Gasteiger charge is -2.26. The van der Waals surface area contributed by atoms with Crippen LogP contribution < -0.4 is 4.90 Å². The van der Waals surface area contributed by atoms with Crippen LogP contribution >= 0.6 is 0 Å². The number of alkyl halides is 3. The lowest BCUT2D eigenvalue weighted by molar-refractivity contribution is -0.148. The SMILES string of the molecule is O=C(O)c1ccc(N2C(=O)CC[C@H]2C(F)(F)F)cc1. The molecule has 1 N–H and O–H groups in total. The number of carbonyl (C=O) groups excluding carboxylic acids is 1. The van der Waals surface area contributed by atoms with Crippen molar-refractivity contribution in [2.45, 2.75) is 25.1 Å². The number of hydrogen-bond donors (Lipinski definition) is 1. The van der Waals surface area contributed by atoms with E-state index in [2.05, 4.69) is 0 Å². The third kappa shape index (κ3) is 2.54. The second-order valence-electron chi connectivity index (χ2n) is 4.21. The van der Waals surface area contributed by atoms with Crippen LogP contribution in [0.3, 0.4) is 0 Å². The molecule has 1 fully saturated rings. The zero-order valence-electron chi connectivity index (χ0n) is 9.65. The minimum Gasteiger partial charge on any atom is -0.478 e. The third-order valence-electron chi connectivity index (χ3n) is 2.98. The predicted octanol–water partition coefficient (Wildman–Crippen LogP) is 2.44. The van der Waals surface area contributed by atoms with Crippen molar-refractivity contribution in [1.29, 1.82) is 0 Å². The van der Waals surface area contributed by atoms with Crippen molar-refractivity contribution in [2.75, 3.05) is 4.90 Å². The molecule has 0 aliphatic carbocycles. The summed E-state index contributed by atoms with van der Waals surface area (Å²) in [6, 6.07) is 2.94. The number of hydrogen-bond acceptors (Lipinski definition) is 2. The summed E-state index contributed by atoms with van der Waals surface area (Å²) in [5.74, 6) is -1.78. The van der Waals surface area contributed by atoms with Crippen LogP contribution in [0.15, 0.2) is 24.3 Å². The van der Waals surface area contributed by atoms with Crippen LogP contribution in [0, 0.1) is 0 Å². The fourth-order valence-electron chi connectivity index (χ4n) is 2.08. The van der Waals surface area contributed by atoms with Gasteiger partial charge in [-0.05, 0) is 30.7 Å². The molecular weight excluding hydrogens is 263 g/mol. The number of anilines is 1. The van der Waals surface area contributed by atoms with Crippen molar-refractivity contribution in [2.24, 2.45) is 0 Å². The molecule has 19 heavy (non-hydrogen) atoms. The molecule has 1 atom stereocenters. The lowest BCUT2D eigenvalue weighted by Crippen LogP contribution is -2.43. The Labute approximate surface area is 106 Å². The van der Waals surface area contributed by atoms with Gasteiger partial charge >= 0.3 is 12.1 Å². The highest BCUT2D eigenvalue weighted by Crippen LogP contribution is 2.36. The zero-order valence-corrected chi connectivity index (χ0v) is 9.65. The van der Waals surface area contributed by atoms with Crippen molar-refractivity contribution in [3.63, 3.8) is 0 Å². The highest BCUT2D eigenvalue weighted by atomic mass is 19.4. The quantitative estimate of drug-likeness (QED) is 0.900. The molecule has 1 aromatic rings. The summed E-state index contributed by atoms with van der Waals surface area (Å²) in [5, 5.41) is 8.71. The number of nitrogens with zero attached hydrogens (tertiary/aromatic N) is 1. The van der Waals surface area contributed by atoms with Crippen LogP contribution in [-0.4, -0.2) is 29.2 Å². The fraction of sp³-hybridized carbons (Fsp3) is 0.333. The van der Waals surface area contributed by atoms with Gasteiger partial charge in [0.1, 0.15) is 6.04 Å². The first-order valence-electron chi connectivity index (χ1n) is 5.53. The molecule has 1 aliphatic heterocycles. The van der Waals surface area contributed by atoms with Gasteiger partial charge in [0, 0.05) is 12.1 Å². The van der Waals surface area contributed by atoms with E-state index in [1.807, 2.05) is 0 Å². The number of carboxylic acids is 1. The van der Waals surface area contributed by atoms with Gasteiger partial charge in [0.25, 0.3) is 0 Å². The monoisotopic (exact) mass is 273 g/mol. The fourth-order valence-corrected chi connectivity index (χ4v) is 2.08. The minimum atomic E-state index is -4.49. The Kier molecular flexibility index (Phi) is 3.21. The summed E-state index contributed by atoms with van der Waals surface area (Å²) in [5.41, 5.74) is 0.0220. The topological polar surface area (TPSA) is 57.6 Å². The summed E-state index contributed by atoms with van der Waals surface area (Å²) >= 11 is 0. The van der Waals surface area contributed by atoms with Gasteiger partial charge in [-0.15, -0.1) is 0 Å². The van der Waals surface area contributed by atoms with Crippen LogP contribution in [0.4, 0.5) is 18.9 Å². The molecule has 1 aromatic carbocycles. The maximum atomic E-state index is 12.8. The van der Waals surface area contributed by atoms with Gasteiger partial charge in [-0.3, -0.25) is 4.79 Å². The van der Waals surface area contributed by atoms with Gasteiger partial charge in [0.15, 0.2) is 0 Å². The molecule has 1 amide bonds. The van der Waals surface area contributed by atoms with Crippen molar-refractivity contribution >= 4 is 17.6 Å². The van der Waals surface area contributed by atoms with E-state index in [0.29, 0.717) is 4.90 Å². The molecule has 0 radical (unpaired) electrons. The summed E-state index contributed by atoms with van der Waals surface area (Å²) in [6.45, 7) is 0. The average Bonchev–Trinajstić information content (AvgIpc) is 2.71. The van der Waals surface area contributed by atoms with Crippen LogP contribution in [0.25, 0.3) is 0 Å². The van der Waals surface area contributed by atoms with Gasteiger partial charge in [-0.1, -0.05) is 0 Å². The Balaban J connectivity index is 2.33. The average molecular weight is 273 g/mol. The van der Waals surface area contributed by atoms with Gasteiger partial charge in [-0.2, -0.15) is 13.2 Å². The Morgan fingerprint density at radius 2 is 1.84 bits per heavy atom.